The van der Waals surface area contributed by atoms with E-state index in [4.69, 9.17) is 0 Å². The van der Waals surface area contributed by atoms with Crippen molar-refractivity contribution in [3.63, 3.8) is 0 Å². The van der Waals surface area contributed by atoms with E-state index in [-0.39, 0.29) is 18.2 Å². The number of amides is 1. The van der Waals surface area contributed by atoms with Crippen molar-refractivity contribution in [3.05, 3.63) is 65.0 Å². The zero-order valence-electron chi connectivity index (χ0n) is 18.2. The number of anilines is 1. The minimum atomic E-state index is 0.0545. The predicted octanol–water partition coefficient (Wildman–Crippen LogP) is 2.88. The number of Topliss-reactive ketones (excluding diaryl/α,β-unsaturated/α-hetero) is 1. The van der Waals surface area contributed by atoms with Gasteiger partial charge in [0.15, 0.2) is 5.78 Å². The van der Waals surface area contributed by atoms with Crippen molar-refractivity contribution >= 4 is 23.4 Å². The van der Waals surface area contributed by atoms with Crippen LogP contribution >= 0.6 is 0 Å². The van der Waals surface area contributed by atoms with E-state index in [1.807, 2.05) is 29.2 Å². The zero-order chi connectivity index (χ0) is 21.9. The molecule has 2 aliphatic heterocycles. The number of aromatic nitrogens is 2. The summed E-state index contributed by atoms with van der Waals surface area (Å²) >= 11 is 0. The van der Waals surface area contributed by atoms with Crippen LogP contribution in [-0.2, 0) is 11.2 Å². The largest absolute Gasteiger partial charge is 0.337 e. The molecule has 0 spiro atoms. The molecule has 0 unspecified atom stereocenters. The number of nitrogens with zero attached hydrogens (tertiary/aromatic N) is 5. The maximum atomic E-state index is 13.2. The molecule has 3 aliphatic rings. The average molecular weight is 430 g/mol. The van der Waals surface area contributed by atoms with E-state index in [0.29, 0.717) is 31.0 Å². The van der Waals surface area contributed by atoms with E-state index in [2.05, 4.69) is 19.9 Å². The van der Waals surface area contributed by atoms with Gasteiger partial charge in [-0.05, 0) is 55.0 Å². The van der Waals surface area contributed by atoms with E-state index < -0.39 is 0 Å². The second-order valence-corrected chi connectivity index (χ2v) is 8.56. The second-order valence-electron chi connectivity index (χ2n) is 8.56. The zero-order valence-corrected chi connectivity index (χ0v) is 18.2. The number of carbonyl (C=O) groups is 2. The van der Waals surface area contributed by atoms with Crippen LogP contribution in [0.2, 0.25) is 0 Å². The number of hydrogen-bond acceptors (Lipinski definition) is 6. The molecule has 0 N–H and O–H groups in total. The lowest BCUT2D eigenvalue weighted by atomic mass is 9.83. The summed E-state index contributed by atoms with van der Waals surface area (Å²) in [7, 11) is 0. The Kier molecular flexibility index (Phi) is 5.79. The summed E-state index contributed by atoms with van der Waals surface area (Å²) in [6.07, 6.45) is 8.18. The lowest BCUT2D eigenvalue weighted by Gasteiger charge is -2.34. The summed E-state index contributed by atoms with van der Waals surface area (Å²) in [5.41, 5.74) is 4.95. The van der Waals surface area contributed by atoms with Crippen LogP contribution in [0.3, 0.4) is 0 Å². The minimum absolute atomic E-state index is 0.0545. The van der Waals surface area contributed by atoms with Gasteiger partial charge in [-0.25, -0.2) is 9.97 Å². The lowest BCUT2D eigenvalue weighted by molar-refractivity contribution is -0.114. The molecular formula is C25H27N5O2. The topological polar surface area (TPSA) is 78.8 Å². The van der Waals surface area contributed by atoms with Gasteiger partial charge in [0, 0.05) is 61.8 Å². The molecule has 1 aromatic heterocycles. The van der Waals surface area contributed by atoms with E-state index in [9.17, 15) is 9.59 Å². The number of hydrogen-bond donors (Lipinski definition) is 0. The number of carbonyl (C=O) groups excluding carboxylic acids is 2. The van der Waals surface area contributed by atoms with Crippen molar-refractivity contribution in [1.29, 1.82) is 0 Å². The Balaban J connectivity index is 1.26. The second kappa shape index (κ2) is 9.02. The molecule has 0 radical (unpaired) electrons. The first-order valence-corrected chi connectivity index (χ1v) is 11.4. The highest BCUT2D eigenvalue weighted by Crippen LogP contribution is 2.30. The van der Waals surface area contributed by atoms with Crippen molar-refractivity contribution in [2.45, 2.75) is 32.1 Å². The highest BCUT2D eigenvalue weighted by molar-refractivity contribution is 6.14. The maximum Gasteiger partial charge on any atom is 0.253 e. The first kappa shape index (κ1) is 20.5. The van der Waals surface area contributed by atoms with Crippen LogP contribution in [0, 0.1) is 0 Å². The molecule has 7 heteroatoms. The van der Waals surface area contributed by atoms with Gasteiger partial charge < -0.3 is 9.80 Å². The normalized spacial score (nSPS) is 19.0. The summed E-state index contributed by atoms with van der Waals surface area (Å²) in [5.74, 6) is 0.955. The standard InChI is InChI=1S/C25H27N5O2/c31-23-17-28-22(20-7-1-2-8-21(20)23)16-18-5-3-6-19(15-18)24(32)29-11-13-30(14-12-29)25-26-9-4-10-27-25/h3-6,9-10,15H,1-2,7-8,11-14,16-17H2. The molecule has 7 nitrogen and oxygen atoms in total. The molecule has 0 bridgehead atoms. The highest BCUT2D eigenvalue weighted by atomic mass is 16.2. The number of dihydropyridines is 1. The number of rotatable bonds is 4. The van der Waals surface area contributed by atoms with Crippen molar-refractivity contribution < 1.29 is 9.59 Å². The highest BCUT2D eigenvalue weighted by Gasteiger charge is 2.27. The predicted molar refractivity (Wildman–Crippen MR) is 123 cm³/mol. The van der Waals surface area contributed by atoms with Gasteiger partial charge in [0.25, 0.3) is 5.91 Å². The molecule has 0 atom stereocenters. The first-order chi connectivity index (χ1) is 15.7. The molecule has 0 saturated carbocycles. The SMILES string of the molecule is O=C1CN=C(Cc2cccc(C(=O)N3CCN(c4ncccn4)CC3)c2)C2=C1CCCC2. The van der Waals surface area contributed by atoms with E-state index in [1.165, 1.54) is 0 Å². The molecule has 1 amide bonds. The van der Waals surface area contributed by atoms with Crippen molar-refractivity contribution in [3.8, 4) is 0 Å². The molecule has 2 aromatic rings. The van der Waals surface area contributed by atoms with Gasteiger partial charge in [-0.15, -0.1) is 0 Å². The Morgan fingerprint density at radius 3 is 2.47 bits per heavy atom. The number of ketones is 1. The van der Waals surface area contributed by atoms with Crippen LogP contribution in [0.1, 0.15) is 41.6 Å². The van der Waals surface area contributed by atoms with E-state index >= 15 is 0 Å². The van der Waals surface area contributed by atoms with Gasteiger partial charge >= 0.3 is 0 Å². The number of allylic oxidation sites excluding steroid dienone is 1. The monoisotopic (exact) mass is 429 g/mol. The summed E-state index contributed by atoms with van der Waals surface area (Å²) in [6, 6.07) is 9.66. The third-order valence-electron chi connectivity index (χ3n) is 6.51. The minimum Gasteiger partial charge on any atom is -0.337 e. The average Bonchev–Trinajstić information content (AvgIpc) is 2.86. The van der Waals surface area contributed by atoms with Crippen LogP contribution in [0.25, 0.3) is 0 Å². The quantitative estimate of drug-likeness (QED) is 0.747. The van der Waals surface area contributed by atoms with Gasteiger partial charge in [-0.2, -0.15) is 0 Å². The Morgan fingerprint density at radius 1 is 0.938 bits per heavy atom. The fourth-order valence-corrected chi connectivity index (χ4v) is 4.81. The third kappa shape index (κ3) is 4.20. The van der Waals surface area contributed by atoms with Crippen molar-refractivity contribution in [2.75, 3.05) is 37.6 Å². The summed E-state index contributed by atoms with van der Waals surface area (Å²) < 4.78 is 0. The number of benzene rings is 1. The Labute approximate surface area is 187 Å². The molecule has 1 aliphatic carbocycles. The van der Waals surface area contributed by atoms with Crippen LogP contribution in [0.15, 0.2) is 58.9 Å². The van der Waals surface area contributed by atoms with Gasteiger partial charge in [0.1, 0.15) is 6.54 Å². The van der Waals surface area contributed by atoms with E-state index in [0.717, 1.165) is 61.2 Å². The third-order valence-corrected chi connectivity index (χ3v) is 6.51. The molecular weight excluding hydrogens is 402 g/mol. The van der Waals surface area contributed by atoms with Crippen LogP contribution < -0.4 is 4.90 Å². The Hall–Kier alpha value is -3.35. The van der Waals surface area contributed by atoms with Crippen molar-refractivity contribution in [2.24, 2.45) is 4.99 Å². The van der Waals surface area contributed by atoms with Crippen LogP contribution in [-0.4, -0.2) is 65.0 Å². The van der Waals surface area contributed by atoms with E-state index in [1.54, 1.807) is 18.5 Å². The molecule has 5 rings (SSSR count). The maximum absolute atomic E-state index is 13.2. The van der Waals surface area contributed by atoms with Gasteiger partial charge in [0.2, 0.25) is 5.95 Å². The molecule has 1 aromatic carbocycles. The van der Waals surface area contributed by atoms with Crippen LogP contribution in [0.5, 0.6) is 0 Å². The molecule has 1 saturated heterocycles. The Bertz CT molecular complexity index is 1080. The molecule has 3 heterocycles. The summed E-state index contributed by atoms with van der Waals surface area (Å²) in [5, 5.41) is 0. The fraction of sp³-hybridized carbons (Fsp3) is 0.400. The fourth-order valence-electron chi connectivity index (χ4n) is 4.81. The summed E-state index contributed by atoms with van der Waals surface area (Å²) in [4.78, 5) is 42.6. The molecule has 1 fully saturated rings. The lowest BCUT2D eigenvalue weighted by Crippen LogP contribution is -2.49. The van der Waals surface area contributed by atoms with Gasteiger partial charge in [0.05, 0.1) is 0 Å². The smallest absolute Gasteiger partial charge is 0.253 e. The van der Waals surface area contributed by atoms with Gasteiger partial charge in [-0.3, -0.25) is 14.6 Å². The van der Waals surface area contributed by atoms with Gasteiger partial charge in [-0.1, -0.05) is 12.1 Å². The Morgan fingerprint density at radius 2 is 1.69 bits per heavy atom. The molecule has 164 valence electrons. The van der Waals surface area contributed by atoms with Crippen molar-refractivity contribution in [1.82, 2.24) is 14.9 Å². The molecule has 32 heavy (non-hydrogen) atoms. The summed E-state index contributed by atoms with van der Waals surface area (Å²) in [6.45, 7) is 3.00. The first-order valence-electron chi connectivity index (χ1n) is 11.4. The number of aliphatic imine (C=N–C) groups is 1. The number of piperazine rings is 1. The van der Waals surface area contributed by atoms with Crippen LogP contribution in [0.4, 0.5) is 5.95 Å².